The Balaban J connectivity index is 1.47. The number of hydrogen-bond acceptors (Lipinski definition) is 6. The highest BCUT2D eigenvalue weighted by molar-refractivity contribution is 7.80. The van der Waals surface area contributed by atoms with Crippen LogP contribution in [0.3, 0.4) is 0 Å². The Labute approximate surface area is 205 Å². The van der Waals surface area contributed by atoms with Gasteiger partial charge < -0.3 is 20.9 Å². The van der Waals surface area contributed by atoms with E-state index in [1.54, 1.807) is 12.1 Å². The van der Waals surface area contributed by atoms with Crippen LogP contribution < -0.4 is 20.9 Å². The number of benzene rings is 4. The van der Waals surface area contributed by atoms with Crippen molar-refractivity contribution < 1.29 is 9.47 Å². The van der Waals surface area contributed by atoms with Crippen molar-refractivity contribution in [2.75, 3.05) is 11.5 Å². The number of ether oxygens (including phenoxy) is 2. The second-order valence-electron chi connectivity index (χ2n) is 8.32. The van der Waals surface area contributed by atoms with E-state index in [1.807, 2.05) is 48.5 Å². The van der Waals surface area contributed by atoms with E-state index in [-0.39, 0.29) is 5.41 Å². The van der Waals surface area contributed by atoms with Crippen LogP contribution in [0.2, 0.25) is 0 Å². The van der Waals surface area contributed by atoms with Gasteiger partial charge in [0.05, 0.1) is 0 Å². The van der Waals surface area contributed by atoms with Gasteiger partial charge in [-0.1, -0.05) is 38.1 Å². The molecule has 0 saturated heterocycles. The van der Waals surface area contributed by atoms with Crippen LogP contribution in [0.5, 0.6) is 23.0 Å². The van der Waals surface area contributed by atoms with Gasteiger partial charge in [0, 0.05) is 38.7 Å². The molecule has 0 aliphatic heterocycles. The molecular formula is C27H26N2O2S2. The Morgan fingerprint density at radius 1 is 0.545 bits per heavy atom. The lowest BCUT2D eigenvalue weighted by Crippen LogP contribution is -2.18. The highest BCUT2D eigenvalue weighted by Gasteiger charge is 2.23. The van der Waals surface area contributed by atoms with Gasteiger partial charge in [-0.2, -0.15) is 0 Å². The SMILES string of the molecule is CC(C)(c1ccc(Oc2ccc(S)c(N)c2)cc1)c1ccc(Oc2ccc(S)c(N)c2)cc1. The van der Waals surface area contributed by atoms with E-state index in [0.29, 0.717) is 22.9 Å². The molecule has 0 aromatic heterocycles. The van der Waals surface area contributed by atoms with Gasteiger partial charge in [0.15, 0.2) is 0 Å². The van der Waals surface area contributed by atoms with Crippen molar-refractivity contribution in [1.82, 2.24) is 0 Å². The van der Waals surface area contributed by atoms with Crippen molar-refractivity contribution in [2.45, 2.75) is 29.1 Å². The fourth-order valence-electron chi connectivity index (χ4n) is 3.51. The first-order chi connectivity index (χ1) is 15.7. The lowest BCUT2D eigenvalue weighted by atomic mass is 9.78. The third kappa shape index (κ3) is 5.24. The van der Waals surface area contributed by atoms with Crippen molar-refractivity contribution in [2.24, 2.45) is 0 Å². The molecule has 0 aliphatic carbocycles. The maximum Gasteiger partial charge on any atom is 0.129 e. The molecule has 4 aromatic rings. The molecule has 4 rings (SSSR count). The van der Waals surface area contributed by atoms with Gasteiger partial charge in [-0.05, 0) is 59.7 Å². The summed E-state index contributed by atoms with van der Waals surface area (Å²) in [4.78, 5) is 1.46. The molecule has 4 nitrogen and oxygen atoms in total. The van der Waals surface area contributed by atoms with Crippen LogP contribution in [0.15, 0.2) is 94.7 Å². The maximum atomic E-state index is 5.93. The van der Waals surface area contributed by atoms with Crippen molar-refractivity contribution in [1.29, 1.82) is 0 Å². The highest BCUT2D eigenvalue weighted by Crippen LogP contribution is 2.35. The normalized spacial score (nSPS) is 11.3. The Morgan fingerprint density at radius 2 is 0.879 bits per heavy atom. The van der Waals surface area contributed by atoms with E-state index in [2.05, 4.69) is 63.4 Å². The molecule has 168 valence electrons. The average molecular weight is 475 g/mol. The summed E-state index contributed by atoms with van der Waals surface area (Å²) >= 11 is 8.59. The molecule has 0 radical (unpaired) electrons. The van der Waals surface area contributed by atoms with Crippen LogP contribution in [0.1, 0.15) is 25.0 Å². The molecule has 0 unspecified atom stereocenters. The minimum absolute atomic E-state index is 0.201. The van der Waals surface area contributed by atoms with Crippen molar-refractivity contribution in [3.8, 4) is 23.0 Å². The summed E-state index contributed by atoms with van der Waals surface area (Å²) in [5.41, 5.74) is 15.1. The summed E-state index contributed by atoms with van der Waals surface area (Å²) in [5, 5.41) is 0. The summed E-state index contributed by atoms with van der Waals surface area (Å²) < 4.78 is 11.9. The summed E-state index contributed by atoms with van der Waals surface area (Å²) in [6, 6.07) is 27.1. The van der Waals surface area contributed by atoms with Gasteiger partial charge in [-0.15, -0.1) is 25.3 Å². The third-order valence-corrected chi connectivity index (χ3v) is 6.44. The smallest absolute Gasteiger partial charge is 0.129 e. The van der Waals surface area contributed by atoms with Crippen molar-refractivity contribution in [3.63, 3.8) is 0 Å². The Morgan fingerprint density at radius 3 is 1.21 bits per heavy atom. The number of hydrogen-bond donors (Lipinski definition) is 4. The molecule has 4 N–H and O–H groups in total. The Kier molecular flexibility index (Phi) is 6.49. The molecule has 0 amide bonds. The molecule has 33 heavy (non-hydrogen) atoms. The zero-order chi connectivity index (χ0) is 23.6. The van der Waals surface area contributed by atoms with Gasteiger partial charge in [-0.25, -0.2) is 0 Å². The van der Waals surface area contributed by atoms with Crippen LogP contribution in [0.4, 0.5) is 11.4 Å². The topological polar surface area (TPSA) is 70.5 Å². The van der Waals surface area contributed by atoms with Crippen LogP contribution in [-0.4, -0.2) is 0 Å². The lowest BCUT2D eigenvalue weighted by Gasteiger charge is -2.26. The van der Waals surface area contributed by atoms with Gasteiger partial charge >= 0.3 is 0 Å². The van der Waals surface area contributed by atoms with Crippen LogP contribution in [0, 0.1) is 0 Å². The Bertz CT molecular complexity index is 1170. The largest absolute Gasteiger partial charge is 0.457 e. The maximum absolute atomic E-state index is 5.93. The quantitative estimate of drug-likeness (QED) is 0.174. The van der Waals surface area contributed by atoms with Crippen molar-refractivity contribution >= 4 is 36.6 Å². The lowest BCUT2D eigenvalue weighted by molar-refractivity contribution is 0.481. The summed E-state index contributed by atoms with van der Waals surface area (Å²) in [6.07, 6.45) is 0. The van der Waals surface area contributed by atoms with Gasteiger partial charge in [0.1, 0.15) is 23.0 Å². The average Bonchev–Trinajstić information content (AvgIpc) is 2.80. The molecule has 0 heterocycles. The standard InChI is InChI=1S/C27H26N2O2S2/c1-27(2,17-3-7-19(8-4-17)30-21-11-13-25(32)23(28)15-21)18-5-9-20(10-6-18)31-22-12-14-26(33)24(29)16-22/h3-16,32-33H,28-29H2,1-2H3. The summed E-state index contributed by atoms with van der Waals surface area (Å²) in [5.74, 6) is 2.85. The summed E-state index contributed by atoms with van der Waals surface area (Å²) in [7, 11) is 0. The van der Waals surface area contributed by atoms with Crippen LogP contribution in [0.25, 0.3) is 0 Å². The fourth-order valence-corrected chi connectivity index (χ4v) is 3.79. The predicted molar refractivity (Wildman–Crippen MR) is 141 cm³/mol. The van der Waals surface area contributed by atoms with E-state index in [9.17, 15) is 0 Å². The molecule has 4 aromatic carbocycles. The van der Waals surface area contributed by atoms with Gasteiger partial charge in [0.25, 0.3) is 0 Å². The van der Waals surface area contributed by atoms with Crippen molar-refractivity contribution in [3.05, 3.63) is 96.1 Å². The molecule has 0 saturated carbocycles. The number of anilines is 2. The van der Waals surface area contributed by atoms with E-state index < -0.39 is 0 Å². The first-order valence-corrected chi connectivity index (χ1v) is 11.4. The van der Waals surface area contributed by atoms with E-state index >= 15 is 0 Å². The number of nitrogens with two attached hydrogens (primary N) is 2. The minimum Gasteiger partial charge on any atom is -0.457 e. The zero-order valence-corrected chi connectivity index (χ0v) is 20.2. The van der Waals surface area contributed by atoms with E-state index in [4.69, 9.17) is 20.9 Å². The fraction of sp³-hybridized carbons (Fsp3) is 0.111. The van der Waals surface area contributed by atoms with E-state index in [0.717, 1.165) is 21.3 Å². The number of nitrogen functional groups attached to an aromatic ring is 2. The van der Waals surface area contributed by atoms with Crippen LogP contribution in [-0.2, 0) is 5.41 Å². The second-order valence-corrected chi connectivity index (χ2v) is 9.28. The highest BCUT2D eigenvalue weighted by atomic mass is 32.1. The molecular weight excluding hydrogens is 448 g/mol. The first-order valence-electron chi connectivity index (χ1n) is 10.5. The number of rotatable bonds is 6. The van der Waals surface area contributed by atoms with Gasteiger partial charge in [0.2, 0.25) is 0 Å². The monoisotopic (exact) mass is 474 g/mol. The third-order valence-electron chi connectivity index (χ3n) is 5.62. The second kappa shape index (κ2) is 9.33. The molecule has 0 bridgehead atoms. The Hall–Kier alpha value is -3.22. The molecule has 0 aliphatic rings. The summed E-state index contributed by atoms with van der Waals surface area (Å²) in [6.45, 7) is 4.38. The zero-order valence-electron chi connectivity index (χ0n) is 18.4. The van der Waals surface area contributed by atoms with Crippen LogP contribution >= 0.6 is 25.3 Å². The minimum atomic E-state index is -0.201. The number of thiol groups is 2. The molecule has 0 fully saturated rings. The van der Waals surface area contributed by atoms with Gasteiger partial charge in [-0.3, -0.25) is 0 Å². The van der Waals surface area contributed by atoms with E-state index in [1.165, 1.54) is 11.1 Å². The molecule has 6 heteroatoms. The first kappa shape index (κ1) is 23.0. The predicted octanol–water partition coefficient (Wildman–Crippen LogP) is 7.34. The molecule has 0 atom stereocenters. The molecule has 0 spiro atoms.